The van der Waals surface area contributed by atoms with Crippen LogP contribution in [0.2, 0.25) is 0 Å². The van der Waals surface area contributed by atoms with Crippen molar-refractivity contribution in [3.8, 4) is 0 Å². The Morgan fingerprint density at radius 1 is 1.41 bits per heavy atom. The Morgan fingerprint density at radius 2 is 2.00 bits per heavy atom. The van der Waals surface area contributed by atoms with Gasteiger partial charge in [0.1, 0.15) is 5.25 Å². The zero-order valence-electron chi connectivity index (χ0n) is 10.0. The van der Waals surface area contributed by atoms with Crippen LogP contribution >= 0.6 is 0 Å². The van der Waals surface area contributed by atoms with E-state index in [1.54, 1.807) is 18.2 Å². The molecule has 0 saturated heterocycles. The van der Waals surface area contributed by atoms with E-state index in [0.717, 1.165) is 11.8 Å². The number of aryl methyl sites for hydroxylation is 1. The molecular formula is C11H16N2O3S. The smallest absolute Gasteiger partial charge is 0.242 e. The van der Waals surface area contributed by atoms with Gasteiger partial charge in [0.05, 0.1) is 0 Å². The molecule has 1 aromatic carbocycles. The summed E-state index contributed by atoms with van der Waals surface area (Å²) in [6, 6.07) is 5.04. The molecule has 0 radical (unpaired) electrons. The molecular weight excluding hydrogens is 240 g/mol. The van der Waals surface area contributed by atoms with Gasteiger partial charge in [0.25, 0.3) is 0 Å². The maximum absolute atomic E-state index is 11.6. The van der Waals surface area contributed by atoms with E-state index < -0.39 is 21.0 Å². The number of nitrogens with two attached hydrogens (primary N) is 1. The van der Waals surface area contributed by atoms with Gasteiger partial charge in [-0.3, -0.25) is 4.79 Å². The second kappa shape index (κ2) is 4.75. The van der Waals surface area contributed by atoms with Crippen LogP contribution in [0.4, 0.5) is 11.4 Å². The largest absolute Gasteiger partial charge is 0.398 e. The lowest BCUT2D eigenvalue weighted by Gasteiger charge is -2.11. The van der Waals surface area contributed by atoms with Crippen molar-refractivity contribution in [1.82, 2.24) is 0 Å². The minimum absolute atomic E-state index is 0.494. The quantitative estimate of drug-likeness (QED) is 0.788. The Bertz CT molecular complexity index is 538. The van der Waals surface area contributed by atoms with E-state index in [-0.39, 0.29) is 0 Å². The number of carbonyl (C=O) groups excluding carboxylic acids is 1. The van der Waals surface area contributed by atoms with Gasteiger partial charge < -0.3 is 11.1 Å². The topological polar surface area (TPSA) is 89.3 Å². The molecule has 0 fully saturated rings. The summed E-state index contributed by atoms with van der Waals surface area (Å²) >= 11 is 0. The molecule has 0 aliphatic heterocycles. The van der Waals surface area contributed by atoms with Gasteiger partial charge in [0.2, 0.25) is 5.91 Å². The molecule has 1 rings (SSSR count). The SMILES string of the molecule is Cc1ccc(NC(=O)C(C)S(C)(=O)=O)cc1N. The lowest BCUT2D eigenvalue weighted by Crippen LogP contribution is -2.31. The van der Waals surface area contributed by atoms with Crippen LogP contribution < -0.4 is 11.1 Å². The number of benzene rings is 1. The lowest BCUT2D eigenvalue weighted by atomic mass is 10.2. The van der Waals surface area contributed by atoms with Crippen molar-refractivity contribution in [2.75, 3.05) is 17.3 Å². The molecule has 5 nitrogen and oxygen atoms in total. The van der Waals surface area contributed by atoms with Crippen LogP contribution in [0.3, 0.4) is 0 Å². The number of hydrogen-bond acceptors (Lipinski definition) is 4. The van der Waals surface area contributed by atoms with Crippen molar-refractivity contribution in [2.24, 2.45) is 0 Å². The molecule has 0 saturated carbocycles. The van der Waals surface area contributed by atoms with Crippen molar-refractivity contribution in [2.45, 2.75) is 19.1 Å². The maximum atomic E-state index is 11.6. The zero-order valence-corrected chi connectivity index (χ0v) is 10.8. The normalized spacial score (nSPS) is 13.1. The number of carbonyl (C=O) groups is 1. The third-order valence-electron chi connectivity index (χ3n) is 2.56. The second-order valence-electron chi connectivity index (χ2n) is 4.03. The van der Waals surface area contributed by atoms with Crippen LogP contribution in [-0.4, -0.2) is 25.8 Å². The Labute approximate surface area is 101 Å². The fourth-order valence-corrected chi connectivity index (χ4v) is 1.60. The molecule has 0 bridgehead atoms. The van der Waals surface area contributed by atoms with Gasteiger partial charge in [-0.25, -0.2) is 8.42 Å². The maximum Gasteiger partial charge on any atom is 0.242 e. The Hall–Kier alpha value is -1.56. The molecule has 0 aliphatic rings. The molecule has 0 aliphatic carbocycles. The zero-order chi connectivity index (χ0) is 13.2. The van der Waals surface area contributed by atoms with Gasteiger partial charge in [-0.15, -0.1) is 0 Å². The van der Waals surface area contributed by atoms with E-state index in [2.05, 4.69) is 5.32 Å². The molecule has 1 unspecified atom stereocenters. The molecule has 1 atom stereocenters. The van der Waals surface area contributed by atoms with Gasteiger partial charge in [0, 0.05) is 17.6 Å². The number of anilines is 2. The molecule has 6 heteroatoms. The predicted molar refractivity (Wildman–Crippen MR) is 68.5 cm³/mol. The van der Waals surface area contributed by atoms with Gasteiger partial charge in [-0.1, -0.05) is 6.07 Å². The van der Waals surface area contributed by atoms with E-state index in [0.29, 0.717) is 11.4 Å². The first-order chi connectivity index (χ1) is 7.71. The molecule has 1 amide bonds. The molecule has 0 spiro atoms. The highest BCUT2D eigenvalue weighted by Gasteiger charge is 2.23. The number of nitrogen functional groups attached to an aromatic ring is 1. The first-order valence-electron chi connectivity index (χ1n) is 5.07. The highest BCUT2D eigenvalue weighted by Crippen LogP contribution is 2.17. The fraction of sp³-hybridized carbons (Fsp3) is 0.364. The van der Waals surface area contributed by atoms with Gasteiger partial charge in [-0.05, 0) is 31.5 Å². The van der Waals surface area contributed by atoms with Gasteiger partial charge in [-0.2, -0.15) is 0 Å². The first-order valence-corrected chi connectivity index (χ1v) is 7.03. The van der Waals surface area contributed by atoms with Crippen molar-refractivity contribution in [3.05, 3.63) is 23.8 Å². The van der Waals surface area contributed by atoms with Crippen LogP contribution in [-0.2, 0) is 14.6 Å². The summed E-state index contributed by atoms with van der Waals surface area (Å²) < 4.78 is 22.4. The standard InChI is InChI=1S/C11H16N2O3S/c1-7-4-5-9(6-10(7)12)13-11(14)8(2)17(3,15)16/h4-6,8H,12H2,1-3H3,(H,13,14). The third-order valence-corrected chi connectivity index (χ3v) is 4.06. The summed E-state index contributed by atoms with van der Waals surface area (Å²) in [7, 11) is -3.38. The summed E-state index contributed by atoms with van der Waals surface area (Å²) in [6.45, 7) is 3.20. The van der Waals surface area contributed by atoms with Gasteiger partial charge in [0.15, 0.2) is 9.84 Å². The molecule has 3 N–H and O–H groups in total. The number of sulfone groups is 1. The van der Waals surface area contributed by atoms with E-state index >= 15 is 0 Å². The van der Waals surface area contributed by atoms with E-state index in [1.807, 2.05) is 6.92 Å². The minimum atomic E-state index is -3.38. The molecule has 17 heavy (non-hydrogen) atoms. The van der Waals surface area contributed by atoms with Crippen LogP contribution in [0.15, 0.2) is 18.2 Å². The van der Waals surface area contributed by atoms with Crippen molar-refractivity contribution in [3.63, 3.8) is 0 Å². The lowest BCUT2D eigenvalue weighted by molar-refractivity contribution is -0.115. The second-order valence-corrected chi connectivity index (χ2v) is 6.40. The summed E-state index contributed by atoms with van der Waals surface area (Å²) in [4.78, 5) is 11.6. The highest BCUT2D eigenvalue weighted by atomic mass is 32.2. The molecule has 0 heterocycles. The van der Waals surface area contributed by atoms with Crippen molar-refractivity contribution in [1.29, 1.82) is 0 Å². The fourth-order valence-electron chi connectivity index (χ4n) is 1.16. The van der Waals surface area contributed by atoms with Crippen LogP contribution in [0.25, 0.3) is 0 Å². The van der Waals surface area contributed by atoms with Crippen LogP contribution in [0.5, 0.6) is 0 Å². The number of nitrogens with one attached hydrogen (secondary N) is 1. The van der Waals surface area contributed by atoms with E-state index in [1.165, 1.54) is 6.92 Å². The van der Waals surface area contributed by atoms with Crippen molar-refractivity contribution >= 4 is 27.1 Å². The number of rotatable bonds is 3. The van der Waals surface area contributed by atoms with E-state index in [4.69, 9.17) is 5.73 Å². The van der Waals surface area contributed by atoms with Gasteiger partial charge >= 0.3 is 0 Å². The monoisotopic (exact) mass is 256 g/mol. The first kappa shape index (κ1) is 13.5. The van der Waals surface area contributed by atoms with Crippen LogP contribution in [0.1, 0.15) is 12.5 Å². The average Bonchev–Trinajstić information content (AvgIpc) is 2.21. The summed E-state index contributed by atoms with van der Waals surface area (Å²) in [5.74, 6) is -0.559. The molecule has 1 aromatic rings. The Balaban J connectivity index is 2.85. The number of hydrogen-bond donors (Lipinski definition) is 2. The summed E-state index contributed by atoms with van der Waals surface area (Å²) in [5.41, 5.74) is 7.64. The summed E-state index contributed by atoms with van der Waals surface area (Å²) in [5, 5.41) is 1.44. The molecule has 94 valence electrons. The third kappa shape index (κ3) is 3.45. The minimum Gasteiger partial charge on any atom is -0.398 e. The Kier molecular flexibility index (Phi) is 3.77. The predicted octanol–water partition coefficient (Wildman–Crippen LogP) is 0.949. The number of amides is 1. The Morgan fingerprint density at radius 3 is 2.47 bits per heavy atom. The van der Waals surface area contributed by atoms with Crippen LogP contribution in [0, 0.1) is 6.92 Å². The van der Waals surface area contributed by atoms with E-state index in [9.17, 15) is 13.2 Å². The van der Waals surface area contributed by atoms with Crippen molar-refractivity contribution < 1.29 is 13.2 Å². The molecule has 0 aromatic heterocycles. The summed E-state index contributed by atoms with van der Waals surface area (Å²) in [6.07, 6.45) is 1.03. The average molecular weight is 256 g/mol. The highest BCUT2D eigenvalue weighted by molar-refractivity contribution is 7.92.